The van der Waals surface area contributed by atoms with E-state index in [-0.39, 0.29) is 5.75 Å². The van der Waals surface area contributed by atoms with Gasteiger partial charge in [-0.2, -0.15) is 5.10 Å². The highest BCUT2D eigenvalue weighted by atomic mass is 16.3. The molecule has 0 saturated carbocycles. The Labute approximate surface area is 97.0 Å². The summed E-state index contributed by atoms with van der Waals surface area (Å²) in [6.07, 6.45) is 6.56. The van der Waals surface area contributed by atoms with Gasteiger partial charge in [-0.15, -0.1) is 0 Å². The zero-order valence-electron chi connectivity index (χ0n) is 8.82. The normalized spacial score (nSPS) is 10.6. The average Bonchev–Trinajstić information content (AvgIpc) is 3.00. The second kappa shape index (κ2) is 3.79. The minimum Gasteiger partial charge on any atom is -0.508 e. The van der Waals surface area contributed by atoms with Crippen LogP contribution >= 0.6 is 0 Å². The predicted octanol–water partition coefficient (Wildman–Crippen LogP) is 2.23. The van der Waals surface area contributed by atoms with Crippen molar-refractivity contribution in [3.05, 3.63) is 49.2 Å². The SMILES string of the molecule is Oc1ccc(-n2cc(-c3cnco3)cn2)cc1. The maximum atomic E-state index is 9.21. The van der Waals surface area contributed by atoms with Crippen LogP contribution in [0.3, 0.4) is 0 Å². The van der Waals surface area contributed by atoms with Gasteiger partial charge in [0.25, 0.3) is 0 Å². The fraction of sp³-hybridized carbons (Fsp3) is 0. The van der Waals surface area contributed by atoms with Gasteiger partial charge in [0.15, 0.2) is 12.2 Å². The zero-order chi connectivity index (χ0) is 11.7. The second-order valence-electron chi connectivity index (χ2n) is 3.56. The number of aromatic nitrogens is 3. The summed E-state index contributed by atoms with van der Waals surface area (Å²) in [5, 5.41) is 13.4. The van der Waals surface area contributed by atoms with E-state index < -0.39 is 0 Å². The Kier molecular flexibility index (Phi) is 2.15. The fourth-order valence-corrected chi connectivity index (χ4v) is 1.55. The van der Waals surface area contributed by atoms with Crippen LogP contribution in [0.25, 0.3) is 17.0 Å². The number of phenolic OH excluding ortho intramolecular Hbond substituents is 1. The van der Waals surface area contributed by atoms with Crippen LogP contribution in [0.2, 0.25) is 0 Å². The molecule has 0 radical (unpaired) electrons. The molecule has 84 valence electrons. The van der Waals surface area contributed by atoms with E-state index in [1.54, 1.807) is 41.3 Å². The monoisotopic (exact) mass is 227 g/mol. The van der Waals surface area contributed by atoms with Crippen molar-refractivity contribution in [3.8, 4) is 22.8 Å². The number of oxazole rings is 1. The minimum atomic E-state index is 0.233. The van der Waals surface area contributed by atoms with Gasteiger partial charge in [-0.3, -0.25) is 0 Å². The molecule has 0 atom stereocenters. The third kappa shape index (κ3) is 1.78. The van der Waals surface area contributed by atoms with Gasteiger partial charge in [-0.05, 0) is 24.3 Å². The maximum absolute atomic E-state index is 9.21. The number of hydrogen-bond donors (Lipinski definition) is 1. The number of benzene rings is 1. The summed E-state index contributed by atoms with van der Waals surface area (Å²) in [6, 6.07) is 6.80. The van der Waals surface area contributed by atoms with E-state index in [1.807, 2.05) is 6.20 Å². The summed E-state index contributed by atoms with van der Waals surface area (Å²) in [4.78, 5) is 3.86. The summed E-state index contributed by atoms with van der Waals surface area (Å²) < 4.78 is 6.89. The molecule has 0 unspecified atom stereocenters. The Morgan fingerprint density at radius 3 is 2.65 bits per heavy atom. The quantitative estimate of drug-likeness (QED) is 0.729. The lowest BCUT2D eigenvalue weighted by atomic mass is 10.3. The zero-order valence-corrected chi connectivity index (χ0v) is 8.82. The van der Waals surface area contributed by atoms with Gasteiger partial charge >= 0.3 is 0 Å². The predicted molar refractivity (Wildman–Crippen MR) is 60.7 cm³/mol. The molecule has 0 spiro atoms. The molecule has 0 saturated heterocycles. The highest BCUT2D eigenvalue weighted by Crippen LogP contribution is 2.20. The van der Waals surface area contributed by atoms with Crippen molar-refractivity contribution in [1.82, 2.24) is 14.8 Å². The summed E-state index contributed by atoms with van der Waals surface area (Å²) in [5.74, 6) is 0.909. The standard InChI is InChI=1S/C12H9N3O2/c16-11-3-1-10(2-4-11)15-7-9(5-14-15)12-6-13-8-17-12/h1-8,16H. The molecule has 3 rings (SSSR count). The van der Waals surface area contributed by atoms with Crippen LogP contribution in [-0.2, 0) is 0 Å². The summed E-state index contributed by atoms with van der Waals surface area (Å²) in [6.45, 7) is 0. The Morgan fingerprint density at radius 2 is 1.94 bits per heavy atom. The van der Waals surface area contributed by atoms with Crippen LogP contribution in [0.5, 0.6) is 5.75 Å². The average molecular weight is 227 g/mol. The fourth-order valence-electron chi connectivity index (χ4n) is 1.55. The molecular formula is C12H9N3O2. The Bertz CT molecular complexity index is 612. The minimum absolute atomic E-state index is 0.233. The molecule has 0 aliphatic carbocycles. The molecule has 2 heterocycles. The smallest absolute Gasteiger partial charge is 0.181 e. The molecular weight excluding hydrogens is 218 g/mol. The summed E-state index contributed by atoms with van der Waals surface area (Å²) in [7, 11) is 0. The molecule has 0 aliphatic rings. The first-order valence-corrected chi connectivity index (χ1v) is 5.06. The molecule has 5 nitrogen and oxygen atoms in total. The van der Waals surface area contributed by atoms with Gasteiger partial charge in [0, 0.05) is 6.20 Å². The molecule has 1 N–H and O–H groups in total. The first-order valence-electron chi connectivity index (χ1n) is 5.06. The molecule has 0 bridgehead atoms. The van der Waals surface area contributed by atoms with Crippen LogP contribution < -0.4 is 0 Å². The Hall–Kier alpha value is -2.56. The van der Waals surface area contributed by atoms with Gasteiger partial charge in [0.2, 0.25) is 0 Å². The third-order valence-corrected chi connectivity index (χ3v) is 2.41. The largest absolute Gasteiger partial charge is 0.508 e. The van der Waals surface area contributed by atoms with E-state index in [4.69, 9.17) is 4.42 Å². The number of phenols is 1. The van der Waals surface area contributed by atoms with Crippen molar-refractivity contribution in [2.75, 3.05) is 0 Å². The molecule has 0 amide bonds. The Balaban J connectivity index is 1.98. The third-order valence-electron chi connectivity index (χ3n) is 2.41. The van der Waals surface area contributed by atoms with Crippen molar-refractivity contribution in [2.24, 2.45) is 0 Å². The van der Waals surface area contributed by atoms with Crippen LogP contribution in [-0.4, -0.2) is 19.9 Å². The van der Waals surface area contributed by atoms with Crippen molar-refractivity contribution < 1.29 is 9.52 Å². The lowest BCUT2D eigenvalue weighted by molar-refractivity contribution is 0.475. The number of hydrogen-bond acceptors (Lipinski definition) is 4. The first-order chi connectivity index (χ1) is 8.33. The van der Waals surface area contributed by atoms with Gasteiger partial charge < -0.3 is 9.52 Å². The van der Waals surface area contributed by atoms with Crippen molar-refractivity contribution >= 4 is 0 Å². The highest BCUT2D eigenvalue weighted by molar-refractivity contribution is 5.54. The first kappa shape index (κ1) is 9.65. The molecule has 17 heavy (non-hydrogen) atoms. The lowest BCUT2D eigenvalue weighted by Gasteiger charge is -2.00. The topological polar surface area (TPSA) is 64.1 Å². The van der Waals surface area contributed by atoms with Crippen molar-refractivity contribution in [3.63, 3.8) is 0 Å². The molecule has 5 heteroatoms. The number of nitrogens with zero attached hydrogens (tertiary/aromatic N) is 3. The summed E-state index contributed by atoms with van der Waals surface area (Å²) >= 11 is 0. The lowest BCUT2D eigenvalue weighted by Crippen LogP contribution is -1.92. The van der Waals surface area contributed by atoms with Gasteiger partial charge in [-0.1, -0.05) is 0 Å². The number of rotatable bonds is 2. The van der Waals surface area contributed by atoms with Gasteiger partial charge in [0.05, 0.1) is 23.6 Å². The van der Waals surface area contributed by atoms with E-state index >= 15 is 0 Å². The second-order valence-corrected chi connectivity index (χ2v) is 3.56. The highest BCUT2D eigenvalue weighted by Gasteiger charge is 2.05. The van der Waals surface area contributed by atoms with E-state index in [1.165, 1.54) is 6.39 Å². The molecule has 0 aliphatic heterocycles. The van der Waals surface area contributed by atoms with Gasteiger partial charge in [-0.25, -0.2) is 9.67 Å². The number of aromatic hydroxyl groups is 1. The van der Waals surface area contributed by atoms with Crippen LogP contribution in [0.1, 0.15) is 0 Å². The summed E-state index contributed by atoms with van der Waals surface area (Å²) in [5.41, 5.74) is 1.73. The van der Waals surface area contributed by atoms with Crippen LogP contribution in [0.15, 0.2) is 53.7 Å². The van der Waals surface area contributed by atoms with Gasteiger partial charge in [0.1, 0.15) is 5.75 Å². The maximum Gasteiger partial charge on any atom is 0.181 e. The van der Waals surface area contributed by atoms with Crippen molar-refractivity contribution in [2.45, 2.75) is 0 Å². The molecule has 0 fully saturated rings. The van der Waals surface area contributed by atoms with E-state index in [2.05, 4.69) is 10.1 Å². The van der Waals surface area contributed by atoms with Crippen LogP contribution in [0, 0.1) is 0 Å². The Morgan fingerprint density at radius 1 is 1.12 bits per heavy atom. The van der Waals surface area contributed by atoms with Crippen molar-refractivity contribution in [1.29, 1.82) is 0 Å². The van der Waals surface area contributed by atoms with Crippen LogP contribution in [0.4, 0.5) is 0 Å². The van der Waals surface area contributed by atoms with E-state index in [0.717, 1.165) is 11.3 Å². The molecule has 3 aromatic rings. The van der Waals surface area contributed by atoms with E-state index in [9.17, 15) is 5.11 Å². The van der Waals surface area contributed by atoms with E-state index in [0.29, 0.717) is 5.76 Å². The molecule has 2 aromatic heterocycles. The molecule has 1 aromatic carbocycles.